The van der Waals surface area contributed by atoms with E-state index in [9.17, 15) is 0 Å². The molecule has 0 aliphatic heterocycles. The van der Waals surface area contributed by atoms with Crippen molar-refractivity contribution in [3.63, 3.8) is 0 Å². The third-order valence-corrected chi connectivity index (χ3v) is 2.74. The number of aromatic amines is 1. The van der Waals surface area contributed by atoms with Gasteiger partial charge in [-0.1, -0.05) is 47.6 Å². The largest absolute Gasteiger partial charge is 0.342 e. The molecule has 1 aromatic carbocycles. The van der Waals surface area contributed by atoms with Gasteiger partial charge >= 0.3 is 0 Å². The van der Waals surface area contributed by atoms with Crippen LogP contribution >= 0.6 is 0 Å². The summed E-state index contributed by atoms with van der Waals surface area (Å²) in [4.78, 5) is 7.94. The number of aromatic nitrogens is 2. The lowest BCUT2D eigenvalue weighted by Gasteiger charge is -2.03. The quantitative estimate of drug-likeness (QED) is 0.789. The van der Waals surface area contributed by atoms with Crippen LogP contribution < -0.4 is 0 Å². The van der Waals surface area contributed by atoms with E-state index in [1.165, 1.54) is 5.56 Å². The fraction of sp³-hybridized carbons (Fsp3) is 0.533. The molecule has 1 aromatic heterocycles. The molecule has 0 aliphatic rings. The molecule has 0 saturated carbocycles. The van der Waals surface area contributed by atoms with Crippen molar-refractivity contribution in [2.24, 2.45) is 0 Å². The van der Waals surface area contributed by atoms with Crippen LogP contribution in [0.3, 0.4) is 0 Å². The molecule has 0 bridgehead atoms. The maximum absolute atomic E-state index is 4.56. The highest BCUT2D eigenvalue weighted by atomic mass is 14.9. The number of nitrogens with zero attached hydrogens (tertiary/aromatic N) is 1. The molecular formula is C15H24N2. The van der Waals surface area contributed by atoms with E-state index in [4.69, 9.17) is 0 Å². The van der Waals surface area contributed by atoms with E-state index in [0.29, 0.717) is 11.8 Å². The van der Waals surface area contributed by atoms with Gasteiger partial charge in [0.2, 0.25) is 0 Å². The number of benzene rings is 1. The zero-order valence-electron chi connectivity index (χ0n) is 11.8. The predicted octanol–water partition coefficient (Wildman–Crippen LogP) is 4.84. The Labute approximate surface area is 104 Å². The minimum atomic E-state index is 0.458. The first-order chi connectivity index (χ1) is 8.08. The Hall–Kier alpha value is -1.31. The third-order valence-electron chi connectivity index (χ3n) is 2.74. The number of imidazole rings is 1. The van der Waals surface area contributed by atoms with Crippen LogP contribution in [-0.4, -0.2) is 9.97 Å². The van der Waals surface area contributed by atoms with Gasteiger partial charge in [0.25, 0.3) is 0 Å². The maximum Gasteiger partial charge on any atom is 0.109 e. The molecule has 0 atom stereocenters. The highest BCUT2D eigenvalue weighted by Crippen LogP contribution is 2.21. The van der Waals surface area contributed by atoms with Gasteiger partial charge in [0, 0.05) is 5.92 Å². The van der Waals surface area contributed by atoms with E-state index >= 15 is 0 Å². The number of hydrogen-bond acceptors (Lipinski definition) is 1. The van der Waals surface area contributed by atoms with Crippen molar-refractivity contribution in [3.05, 3.63) is 29.6 Å². The van der Waals surface area contributed by atoms with Crippen LogP contribution in [0.25, 0.3) is 11.0 Å². The monoisotopic (exact) mass is 232 g/mol. The summed E-state index contributed by atoms with van der Waals surface area (Å²) in [7, 11) is 0. The molecule has 0 fully saturated rings. The average molecular weight is 232 g/mol. The van der Waals surface area contributed by atoms with Crippen molar-refractivity contribution in [1.29, 1.82) is 0 Å². The Bertz CT molecular complexity index is 461. The molecule has 94 valence electrons. The summed E-state index contributed by atoms with van der Waals surface area (Å²) in [6.07, 6.45) is 0. The topological polar surface area (TPSA) is 28.7 Å². The van der Waals surface area contributed by atoms with Crippen LogP contribution in [0.1, 0.15) is 64.8 Å². The van der Waals surface area contributed by atoms with Gasteiger partial charge in [0.15, 0.2) is 0 Å². The third kappa shape index (κ3) is 3.09. The smallest absolute Gasteiger partial charge is 0.109 e. The Morgan fingerprint density at radius 3 is 2.18 bits per heavy atom. The zero-order chi connectivity index (χ0) is 13.0. The van der Waals surface area contributed by atoms with Gasteiger partial charge in [-0.3, -0.25) is 0 Å². The molecule has 2 aromatic rings. The second kappa shape index (κ2) is 5.85. The Balaban J connectivity index is 0.000000686. The van der Waals surface area contributed by atoms with E-state index in [1.54, 1.807) is 0 Å². The molecular weight excluding hydrogens is 208 g/mol. The minimum Gasteiger partial charge on any atom is -0.342 e. The van der Waals surface area contributed by atoms with Gasteiger partial charge in [-0.05, 0) is 23.6 Å². The van der Waals surface area contributed by atoms with Crippen LogP contribution in [0, 0.1) is 0 Å². The average Bonchev–Trinajstić information content (AvgIpc) is 2.74. The van der Waals surface area contributed by atoms with E-state index in [0.717, 1.165) is 16.9 Å². The summed E-state index contributed by atoms with van der Waals surface area (Å²) in [6.45, 7) is 12.7. The first kappa shape index (κ1) is 13.8. The highest BCUT2D eigenvalue weighted by Gasteiger charge is 2.07. The number of fused-ring (bicyclic) bond motifs is 1. The van der Waals surface area contributed by atoms with Crippen molar-refractivity contribution < 1.29 is 0 Å². The summed E-state index contributed by atoms with van der Waals surface area (Å²) >= 11 is 0. The van der Waals surface area contributed by atoms with Crippen molar-refractivity contribution in [3.8, 4) is 0 Å². The SMILES string of the molecule is CC.CC(C)c1ccc2nc(C(C)C)[nH]c2c1. The van der Waals surface area contributed by atoms with Gasteiger partial charge in [-0.25, -0.2) is 4.98 Å². The van der Waals surface area contributed by atoms with Crippen LogP contribution in [-0.2, 0) is 0 Å². The Morgan fingerprint density at radius 2 is 1.65 bits per heavy atom. The second-order valence-corrected chi connectivity index (χ2v) is 4.71. The lowest BCUT2D eigenvalue weighted by molar-refractivity contribution is 0.799. The lowest BCUT2D eigenvalue weighted by atomic mass is 10.0. The van der Waals surface area contributed by atoms with Gasteiger partial charge in [-0.2, -0.15) is 0 Å². The molecule has 1 heterocycles. The Kier molecular flexibility index (Phi) is 4.73. The molecule has 2 heteroatoms. The normalized spacial score (nSPS) is 10.8. The van der Waals surface area contributed by atoms with Gasteiger partial charge in [-0.15, -0.1) is 0 Å². The zero-order valence-corrected chi connectivity index (χ0v) is 11.8. The summed E-state index contributed by atoms with van der Waals surface area (Å²) in [5.41, 5.74) is 3.59. The molecule has 17 heavy (non-hydrogen) atoms. The summed E-state index contributed by atoms with van der Waals surface area (Å²) < 4.78 is 0. The van der Waals surface area contributed by atoms with E-state index < -0.39 is 0 Å². The van der Waals surface area contributed by atoms with E-state index in [-0.39, 0.29) is 0 Å². The van der Waals surface area contributed by atoms with Crippen molar-refractivity contribution >= 4 is 11.0 Å². The van der Waals surface area contributed by atoms with Crippen molar-refractivity contribution in [1.82, 2.24) is 9.97 Å². The molecule has 0 saturated heterocycles. The summed E-state index contributed by atoms with van der Waals surface area (Å²) in [6, 6.07) is 6.48. The molecule has 0 amide bonds. The number of nitrogens with one attached hydrogen (secondary N) is 1. The van der Waals surface area contributed by atoms with Crippen molar-refractivity contribution in [2.75, 3.05) is 0 Å². The highest BCUT2D eigenvalue weighted by molar-refractivity contribution is 5.76. The second-order valence-electron chi connectivity index (χ2n) is 4.71. The van der Waals surface area contributed by atoms with Gasteiger partial charge in [0.1, 0.15) is 5.82 Å². The fourth-order valence-corrected chi connectivity index (χ4v) is 1.68. The summed E-state index contributed by atoms with van der Waals surface area (Å²) in [5.74, 6) is 2.10. The Morgan fingerprint density at radius 1 is 1.00 bits per heavy atom. The fourth-order valence-electron chi connectivity index (χ4n) is 1.68. The van der Waals surface area contributed by atoms with Gasteiger partial charge < -0.3 is 4.98 Å². The van der Waals surface area contributed by atoms with Crippen LogP contribution in [0.4, 0.5) is 0 Å². The van der Waals surface area contributed by atoms with Crippen LogP contribution in [0.2, 0.25) is 0 Å². The predicted molar refractivity (Wildman–Crippen MR) is 75.6 cm³/mol. The molecule has 1 N–H and O–H groups in total. The summed E-state index contributed by atoms with van der Waals surface area (Å²) in [5, 5.41) is 0. The molecule has 0 aliphatic carbocycles. The van der Waals surface area contributed by atoms with Crippen LogP contribution in [0.15, 0.2) is 18.2 Å². The van der Waals surface area contributed by atoms with Crippen molar-refractivity contribution in [2.45, 2.75) is 53.4 Å². The number of rotatable bonds is 2. The number of H-pyrrole nitrogens is 1. The van der Waals surface area contributed by atoms with E-state index in [1.807, 2.05) is 13.8 Å². The molecule has 0 unspecified atom stereocenters. The first-order valence-corrected chi connectivity index (χ1v) is 6.57. The molecule has 0 radical (unpaired) electrons. The minimum absolute atomic E-state index is 0.458. The maximum atomic E-state index is 4.56. The van der Waals surface area contributed by atoms with Gasteiger partial charge in [0.05, 0.1) is 11.0 Å². The standard InChI is InChI=1S/C13H18N2.C2H6/c1-8(2)10-5-6-11-12(7-10)15-13(14-11)9(3)4;1-2/h5-9H,1-4H3,(H,14,15);1-2H3. The molecule has 2 nitrogen and oxygen atoms in total. The lowest BCUT2D eigenvalue weighted by Crippen LogP contribution is -1.88. The molecule has 2 rings (SSSR count). The van der Waals surface area contributed by atoms with E-state index in [2.05, 4.69) is 55.9 Å². The van der Waals surface area contributed by atoms with Crippen LogP contribution in [0.5, 0.6) is 0 Å². The first-order valence-electron chi connectivity index (χ1n) is 6.57. The molecule has 0 spiro atoms. The number of hydrogen-bond donors (Lipinski definition) is 1.